The van der Waals surface area contributed by atoms with E-state index in [1.807, 2.05) is 26.8 Å². The van der Waals surface area contributed by atoms with E-state index in [0.29, 0.717) is 11.1 Å². The molecule has 2 nitrogen and oxygen atoms in total. The molecule has 0 unspecified atom stereocenters. The fourth-order valence-corrected chi connectivity index (χ4v) is 2.37. The van der Waals surface area contributed by atoms with Gasteiger partial charge in [0.2, 0.25) is 0 Å². The molecular weight excluding hydrogens is 286 g/mol. The Kier molecular flexibility index (Phi) is 4.22. The lowest BCUT2D eigenvalue weighted by molar-refractivity contribution is 0.430. The van der Waals surface area contributed by atoms with Crippen LogP contribution in [0.3, 0.4) is 0 Å². The van der Waals surface area contributed by atoms with Crippen LogP contribution in [-0.4, -0.2) is 10.2 Å². The van der Waals surface area contributed by atoms with Gasteiger partial charge in [0.25, 0.3) is 0 Å². The molecule has 0 aliphatic heterocycles. The monoisotopic (exact) mass is 304 g/mol. The van der Waals surface area contributed by atoms with Crippen LogP contribution < -0.4 is 0 Å². The molecule has 0 fully saturated rings. The summed E-state index contributed by atoms with van der Waals surface area (Å²) in [6.45, 7) is 5.63. The van der Waals surface area contributed by atoms with Gasteiger partial charge in [0.1, 0.15) is 0 Å². The minimum Gasteiger partial charge on any atom is -0.505 e. The van der Waals surface area contributed by atoms with Gasteiger partial charge in [0.15, 0.2) is 23.1 Å². The van der Waals surface area contributed by atoms with E-state index in [0.717, 1.165) is 5.57 Å². The van der Waals surface area contributed by atoms with Crippen molar-refractivity contribution in [2.24, 2.45) is 0 Å². The molecule has 0 radical (unpaired) electrons. The first kappa shape index (κ1) is 16.0. The Bertz CT molecular complexity index is 734. The Morgan fingerprint density at radius 3 is 2.05 bits per heavy atom. The molecule has 116 valence electrons. The molecule has 0 heterocycles. The second kappa shape index (κ2) is 5.79. The summed E-state index contributed by atoms with van der Waals surface area (Å²) >= 11 is 0. The number of hydrogen-bond acceptors (Lipinski definition) is 2. The smallest absolute Gasteiger partial charge is 0.165 e. The lowest BCUT2D eigenvalue weighted by atomic mass is 9.82. The number of phenols is 2. The van der Waals surface area contributed by atoms with Crippen LogP contribution in [-0.2, 0) is 5.41 Å². The van der Waals surface area contributed by atoms with Crippen LogP contribution in [0.15, 0.2) is 42.5 Å². The number of benzene rings is 2. The summed E-state index contributed by atoms with van der Waals surface area (Å²) < 4.78 is 27.0. The Labute approximate surface area is 128 Å². The van der Waals surface area contributed by atoms with Crippen LogP contribution in [0, 0.1) is 11.6 Å². The second-order valence-corrected chi connectivity index (χ2v) is 5.88. The molecule has 0 atom stereocenters. The summed E-state index contributed by atoms with van der Waals surface area (Å²) in [6.07, 6.45) is 1.89. The molecule has 0 aliphatic rings. The van der Waals surface area contributed by atoms with E-state index >= 15 is 0 Å². The SMILES string of the molecule is CC(=CC(C)(C)c1ccc(O)c(F)c1)c1ccc(O)c(F)c1. The van der Waals surface area contributed by atoms with Crippen molar-refractivity contribution in [1.29, 1.82) is 0 Å². The first-order valence-electron chi connectivity index (χ1n) is 6.88. The summed E-state index contributed by atoms with van der Waals surface area (Å²) in [4.78, 5) is 0. The molecule has 0 aromatic heterocycles. The van der Waals surface area contributed by atoms with Crippen molar-refractivity contribution in [1.82, 2.24) is 0 Å². The molecule has 0 saturated carbocycles. The van der Waals surface area contributed by atoms with Crippen molar-refractivity contribution in [3.63, 3.8) is 0 Å². The van der Waals surface area contributed by atoms with E-state index < -0.39 is 22.8 Å². The first-order chi connectivity index (χ1) is 10.2. The molecule has 0 bridgehead atoms. The van der Waals surface area contributed by atoms with Gasteiger partial charge in [-0.25, -0.2) is 8.78 Å². The quantitative estimate of drug-likeness (QED) is 0.858. The molecule has 22 heavy (non-hydrogen) atoms. The molecule has 0 saturated heterocycles. The van der Waals surface area contributed by atoms with Crippen LogP contribution >= 0.6 is 0 Å². The highest BCUT2D eigenvalue weighted by atomic mass is 19.1. The van der Waals surface area contributed by atoms with E-state index in [9.17, 15) is 19.0 Å². The highest BCUT2D eigenvalue weighted by molar-refractivity contribution is 5.66. The summed E-state index contributed by atoms with van der Waals surface area (Å²) in [6, 6.07) is 8.44. The van der Waals surface area contributed by atoms with Crippen molar-refractivity contribution in [2.45, 2.75) is 26.2 Å². The minimum atomic E-state index is -0.682. The number of phenolic OH excluding ortho intramolecular Hbond substituents is 2. The number of rotatable bonds is 3. The van der Waals surface area contributed by atoms with Crippen molar-refractivity contribution in [3.05, 3.63) is 65.2 Å². The van der Waals surface area contributed by atoms with Gasteiger partial charge in [-0.05, 0) is 47.9 Å². The molecule has 2 aromatic rings. The number of allylic oxidation sites excluding steroid dienone is 2. The van der Waals surface area contributed by atoms with Gasteiger partial charge in [0, 0.05) is 5.41 Å². The zero-order valence-electron chi connectivity index (χ0n) is 12.7. The summed E-state index contributed by atoms with van der Waals surface area (Å²) in [7, 11) is 0. The molecule has 2 rings (SSSR count). The zero-order chi connectivity index (χ0) is 16.5. The average molecular weight is 304 g/mol. The van der Waals surface area contributed by atoms with Crippen LogP contribution in [0.25, 0.3) is 5.57 Å². The largest absolute Gasteiger partial charge is 0.505 e. The maximum absolute atomic E-state index is 13.5. The molecule has 0 spiro atoms. The van der Waals surface area contributed by atoms with E-state index in [4.69, 9.17) is 0 Å². The molecule has 4 heteroatoms. The van der Waals surface area contributed by atoms with Gasteiger partial charge in [-0.1, -0.05) is 32.1 Å². The average Bonchev–Trinajstić information content (AvgIpc) is 2.44. The summed E-state index contributed by atoms with van der Waals surface area (Å²) in [5, 5.41) is 18.5. The third-order valence-corrected chi connectivity index (χ3v) is 3.67. The lowest BCUT2D eigenvalue weighted by Crippen LogP contribution is -2.14. The van der Waals surface area contributed by atoms with Crippen molar-refractivity contribution >= 4 is 5.57 Å². The summed E-state index contributed by atoms with van der Waals surface area (Å²) in [5.74, 6) is -2.14. The molecular formula is C18H18F2O2. The number of aromatic hydroxyl groups is 2. The number of hydrogen-bond donors (Lipinski definition) is 2. The van der Waals surface area contributed by atoms with Gasteiger partial charge in [0.05, 0.1) is 0 Å². The van der Waals surface area contributed by atoms with Gasteiger partial charge >= 0.3 is 0 Å². The predicted octanol–water partition coefficient (Wildman–Crippen LogP) is 4.76. The predicted molar refractivity (Wildman–Crippen MR) is 82.8 cm³/mol. The highest BCUT2D eigenvalue weighted by Gasteiger charge is 2.20. The second-order valence-electron chi connectivity index (χ2n) is 5.88. The third-order valence-electron chi connectivity index (χ3n) is 3.67. The van der Waals surface area contributed by atoms with Crippen LogP contribution in [0.2, 0.25) is 0 Å². The molecule has 2 aromatic carbocycles. The molecule has 0 amide bonds. The Balaban J connectivity index is 2.39. The van der Waals surface area contributed by atoms with E-state index in [-0.39, 0.29) is 5.75 Å². The van der Waals surface area contributed by atoms with Crippen molar-refractivity contribution < 1.29 is 19.0 Å². The standard InChI is InChI=1S/C18H18F2O2/c1-11(12-4-6-16(21)14(19)8-12)10-18(2,3)13-5-7-17(22)15(20)9-13/h4-10,21-22H,1-3H3. The molecule has 0 aliphatic carbocycles. The third kappa shape index (κ3) is 3.27. The highest BCUT2D eigenvalue weighted by Crippen LogP contribution is 2.32. The van der Waals surface area contributed by atoms with Gasteiger partial charge in [-0.3, -0.25) is 0 Å². The fourth-order valence-electron chi connectivity index (χ4n) is 2.37. The van der Waals surface area contributed by atoms with E-state index in [2.05, 4.69) is 0 Å². The Hall–Kier alpha value is -2.36. The fraction of sp³-hybridized carbons (Fsp3) is 0.222. The van der Waals surface area contributed by atoms with E-state index in [1.54, 1.807) is 12.1 Å². The normalized spacial score (nSPS) is 12.5. The minimum absolute atomic E-state index is 0.388. The Morgan fingerprint density at radius 1 is 0.955 bits per heavy atom. The Morgan fingerprint density at radius 2 is 1.50 bits per heavy atom. The van der Waals surface area contributed by atoms with Crippen LogP contribution in [0.1, 0.15) is 31.9 Å². The van der Waals surface area contributed by atoms with E-state index in [1.165, 1.54) is 24.3 Å². The zero-order valence-corrected chi connectivity index (χ0v) is 12.7. The van der Waals surface area contributed by atoms with Crippen molar-refractivity contribution in [3.8, 4) is 11.5 Å². The van der Waals surface area contributed by atoms with Gasteiger partial charge in [-0.15, -0.1) is 0 Å². The maximum atomic E-state index is 13.5. The summed E-state index contributed by atoms with van der Waals surface area (Å²) in [5.41, 5.74) is 1.63. The molecule has 2 N–H and O–H groups in total. The van der Waals surface area contributed by atoms with Crippen LogP contribution in [0.4, 0.5) is 8.78 Å². The lowest BCUT2D eigenvalue weighted by Gasteiger charge is -2.23. The topological polar surface area (TPSA) is 40.5 Å². The van der Waals surface area contributed by atoms with Gasteiger partial charge in [-0.2, -0.15) is 0 Å². The number of halogens is 2. The first-order valence-corrected chi connectivity index (χ1v) is 6.88. The maximum Gasteiger partial charge on any atom is 0.165 e. The van der Waals surface area contributed by atoms with Crippen LogP contribution in [0.5, 0.6) is 11.5 Å². The van der Waals surface area contributed by atoms with Crippen molar-refractivity contribution in [2.75, 3.05) is 0 Å². The van der Waals surface area contributed by atoms with Gasteiger partial charge < -0.3 is 10.2 Å².